The zero-order chi connectivity index (χ0) is 28.2. The summed E-state index contributed by atoms with van der Waals surface area (Å²) in [6.45, 7) is 0.132. The molecular weight excluding hydrogens is 629 g/mol. The second-order valence-electron chi connectivity index (χ2n) is 7.92. The molecule has 0 fully saturated rings. The topological polar surface area (TPSA) is 136 Å². The van der Waals surface area contributed by atoms with Gasteiger partial charge in [-0.1, -0.05) is 35.1 Å². The first-order valence-corrected chi connectivity index (χ1v) is 16.1. The Balaban J connectivity index is 0.00000420. The van der Waals surface area contributed by atoms with E-state index in [1.54, 1.807) is 68.9 Å². The number of methoxy groups -OCH3 is 1. The summed E-state index contributed by atoms with van der Waals surface area (Å²) in [4.78, 5) is 1.44. The van der Waals surface area contributed by atoms with Crippen molar-refractivity contribution in [3.63, 3.8) is 0 Å². The van der Waals surface area contributed by atoms with E-state index in [1.165, 1.54) is 9.68 Å². The third kappa shape index (κ3) is 12.4. The molecule has 0 saturated carbocycles. The fraction of sp³-hybridized carbons (Fsp3) is 0.208. The van der Waals surface area contributed by atoms with Crippen molar-refractivity contribution in [3.05, 3.63) is 95.6 Å². The molecule has 204 valence electrons. The van der Waals surface area contributed by atoms with Gasteiger partial charge in [0.05, 0.1) is 20.4 Å². The van der Waals surface area contributed by atoms with E-state index in [1.807, 2.05) is 30.3 Å². The summed E-state index contributed by atoms with van der Waals surface area (Å²) in [7, 11) is -3.73. The molecule has 0 spiro atoms. The molecule has 3 rings (SSSR count). The molecule has 0 bridgehead atoms. The predicted molar refractivity (Wildman–Crippen MR) is 147 cm³/mol. The van der Waals surface area contributed by atoms with Gasteiger partial charge in [0.2, 0.25) is 18.1 Å². The standard InChI is InChI=1S/C24H25N3O8P3S.2Na/c1-26(25-16-19-8-12-22(32-2)13-9-19)38(39)33-23-14-10-21(11-15-23)24(37(31)35-29)27(18-36(30)34-28)17-20-6-4-3-5-7-20;;/h3-16,24H,17-18H2,1-2H3;;/q3*+1/b25-16+;;. The zero-order valence-electron chi connectivity index (χ0n) is 22.9. The number of hydrogen-bond acceptors (Lipinski definition) is 11. The van der Waals surface area contributed by atoms with Gasteiger partial charge in [0.1, 0.15) is 5.75 Å². The number of hydrazone groups is 1. The van der Waals surface area contributed by atoms with Gasteiger partial charge in [-0.05, 0) is 68.8 Å². The van der Waals surface area contributed by atoms with E-state index < -0.39 is 28.9 Å². The maximum Gasteiger partial charge on any atom is 1.00 e. The molecule has 0 N–H and O–H groups in total. The number of hydrogen-bond donors (Lipinski definition) is 0. The number of benzene rings is 3. The Bertz CT molecular complexity index is 1300. The van der Waals surface area contributed by atoms with E-state index in [0.717, 1.165) is 16.9 Å². The van der Waals surface area contributed by atoms with Crippen LogP contribution in [0.2, 0.25) is 0 Å². The normalized spacial score (nSPS) is 12.6. The van der Waals surface area contributed by atoms with Crippen molar-refractivity contribution in [3.8, 4) is 11.5 Å². The van der Waals surface area contributed by atoms with Gasteiger partial charge in [0.15, 0.2) is 5.75 Å². The third-order valence-corrected chi connectivity index (χ3v) is 9.12. The van der Waals surface area contributed by atoms with Crippen LogP contribution in [0.1, 0.15) is 22.5 Å². The summed E-state index contributed by atoms with van der Waals surface area (Å²) in [5, 5.41) is 26.3. The van der Waals surface area contributed by atoms with Crippen LogP contribution in [0.3, 0.4) is 0 Å². The summed E-state index contributed by atoms with van der Waals surface area (Å²) in [5.74, 6) is 0.0525. The molecule has 3 aromatic rings. The first kappa shape index (κ1) is 38.3. The van der Waals surface area contributed by atoms with Crippen LogP contribution in [-0.2, 0) is 36.8 Å². The zero-order valence-corrected chi connectivity index (χ0v) is 30.4. The minimum absolute atomic E-state index is 0. The van der Waals surface area contributed by atoms with Gasteiger partial charge in [-0.2, -0.15) is 9.35 Å². The van der Waals surface area contributed by atoms with Gasteiger partial charge in [0.25, 0.3) is 5.78 Å². The molecule has 0 heterocycles. The molecule has 4 unspecified atom stereocenters. The molecule has 0 saturated heterocycles. The fourth-order valence-electron chi connectivity index (χ4n) is 3.44. The van der Waals surface area contributed by atoms with Gasteiger partial charge >= 0.3 is 82.2 Å². The number of ether oxygens (including phenoxy) is 1. The summed E-state index contributed by atoms with van der Waals surface area (Å²) >= 11 is 5.46. The molecule has 0 radical (unpaired) electrons. The average Bonchev–Trinajstić information content (AvgIpc) is 2.97. The van der Waals surface area contributed by atoms with E-state index in [9.17, 15) is 19.6 Å². The predicted octanol–water partition coefficient (Wildman–Crippen LogP) is -1.65. The second-order valence-corrected chi connectivity index (χ2v) is 12.4. The Morgan fingerprint density at radius 3 is 2.10 bits per heavy atom. The molecular formula is C24H25N3Na2O8P3S+3. The maximum atomic E-state index is 12.7. The smallest absolute Gasteiger partial charge is 0.674 e. The molecule has 0 aliphatic carbocycles. The van der Waals surface area contributed by atoms with Gasteiger partial charge in [-0.25, -0.2) is 4.90 Å². The molecule has 17 heteroatoms. The van der Waals surface area contributed by atoms with Crippen molar-refractivity contribution < 1.29 is 97.4 Å². The molecule has 0 aliphatic rings. The van der Waals surface area contributed by atoms with E-state index in [0.29, 0.717) is 11.3 Å². The first-order valence-electron chi connectivity index (χ1n) is 11.3. The van der Waals surface area contributed by atoms with Crippen LogP contribution in [0.25, 0.3) is 0 Å². The second kappa shape index (κ2) is 20.3. The average molecular weight is 654 g/mol. The van der Waals surface area contributed by atoms with E-state index in [-0.39, 0.29) is 71.9 Å². The van der Waals surface area contributed by atoms with Crippen molar-refractivity contribution in [2.24, 2.45) is 5.10 Å². The molecule has 11 nitrogen and oxygen atoms in total. The van der Waals surface area contributed by atoms with Crippen molar-refractivity contribution in [1.29, 1.82) is 0 Å². The Morgan fingerprint density at radius 2 is 1.54 bits per heavy atom. The van der Waals surface area contributed by atoms with Gasteiger partial charge < -0.3 is 15.3 Å². The molecule has 0 amide bonds. The van der Waals surface area contributed by atoms with E-state index in [4.69, 9.17) is 21.1 Å². The van der Waals surface area contributed by atoms with Gasteiger partial charge in [-0.15, -0.1) is 5.10 Å². The Kier molecular flexibility index (Phi) is 18.9. The van der Waals surface area contributed by atoms with Crippen LogP contribution in [-0.4, -0.2) is 36.3 Å². The van der Waals surface area contributed by atoms with Crippen molar-refractivity contribution >= 4 is 41.2 Å². The van der Waals surface area contributed by atoms with Crippen LogP contribution in [0.15, 0.2) is 84.0 Å². The molecule has 0 aliphatic heterocycles. The third-order valence-electron chi connectivity index (χ3n) is 5.32. The van der Waals surface area contributed by atoms with Gasteiger partial charge in [0, 0.05) is 12.1 Å². The van der Waals surface area contributed by atoms with Gasteiger partial charge in [-0.3, -0.25) is 4.52 Å². The summed E-state index contributed by atoms with van der Waals surface area (Å²) in [5.41, 5.74) is 2.06. The Hall–Kier alpha value is -0.750. The number of nitrogens with zero attached hydrogens (tertiary/aromatic N) is 3. The van der Waals surface area contributed by atoms with Crippen LogP contribution >= 0.6 is 23.1 Å². The Labute approximate surface area is 290 Å². The van der Waals surface area contributed by atoms with E-state index >= 15 is 0 Å². The van der Waals surface area contributed by atoms with Crippen molar-refractivity contribution in [1.82, 2.24) is 9.68 Å². The maximum absolute atomic E-state index is 12.7. The fourth-order valence-corrected chi connectivity index (χ4v) is 6.05. The molecule has 0 aromatic heterocycles. The molecule has 3 aromatic carbocycles. The summed E-state index contributed by atoms with van der Waals surface area (Å²) < 4.78 is 44.8. The molecule has 41 heavy (non-hydrogen) atoms. The van der Waals surface area contributed by atoms with Crippen LogP contribution in [0, 0.1) is 0 Å². The van der Waals surface area contributed by atoms with Crippen molar-refractivity contribution in [2.45, 2.75) is 12.3 Å². The first-order chi connectivity index (χ1) is 18.8. The van der Waals surface area contributed by atoms with E-state index in [2.05, 4.69) is 14.5 Å². The van der Waals surface area contributed by atoms with Crippen LogP contribution in [0.5, 0.6) is 11.5 Å². The SMILES string of the molecule is COc1ccc(/C=N/N(C)[P+](=S)Oc2ccc(C(N(Cc3ccccc3)C[P+](=O)O[O-])[P+](=O)O[O-])cc2)cc1.[Na+].[Na+]. The quantitative estimate of drug-likeness (QED) is 0.0614. The van der Waals surface area contributed by atoms with Crippen molar-refractivity contribution in [2.75, 3.05) is 20.4 Å². The summed E-state index contributed by atoms with van der Waals surface area (Å²) in [6.07, 6.45) is 1.28. The van der Waals surface area contributed by atoms with Crippen LogP contribution < -0.4 is 78.9 Å². The van der Waals surface area contributed by atoms with Crippen LogP contribution in [0.4, 0.5) is 0 Å². The monoisotopic (exact) mass is 654 g/mol. The largest absolute Gasteiger partial charge is 1.00 e. The minimum Gasteiger partial charge on any atom is -0.674 e. The number of rotatable bonds is 15. The minimum atomic E-state index is -2.81. The Morgan fingerprint density at radius 1 is 0.927 bits per heavy atom. The summed E-state index contributed by atoms with van der Waals surface area (Å²) in [6, 6.07) is 22.8. The molecule has 4 atom stereocenters.